The van der Waals surface area contributed by atoms with Gasteiger partial charge >= 0.3 is 6.09 Å². The molecule has 4 rings (SSSR count). The van der Waals surface area contributed by atoms with Crippen LogP contribution in [0.5, 0.6) is 11.5 Å². The summed E-state index contributed by atoms with van der Waals surface area (Å²) >= 11 is 0. The molecule has 40 heavy (non-hydrogen) atoms. The molecule has 0 saturated carbocycles. The maximum absolute atomic E-state index is 12.8. The van der Waals surface area contributed by atoms with Crippen molar-refractivity contribution in [3.8, 4) is 11.5 Å². The molecule has 3 aromatic rings. The van der Waals surface area contributed by atoms with Crippen molar-refractivity contribution < 1.29 is 19.1 Å². The first kappa shape index (κ1) is 28.3. The summed E-state index contributed by atoms with van der Waals surface area (Å²) in [6.45, 7) is 6.13. The second-order valence-electron chi connectivity index (χ2n) is 10.5. The topological polar surface area (TPSA) is 156 Å². The van der Waals surface area contributed by atoms with Gasteiger partial charge in [-0.15, -0.1) is 0 Å². The predicted molar refractivity (Wildman–Crippen MR) is 153 cm³/mol. The summed E-state index contributed by atoms with van der Waals surface area (Å²) in [5.41, 5.74) is 6.74. The molecular formula is C29H35N7O4. The number of carbonyl (C=O) groups excluding carboxylic acids is 2. The Morgan fingerprint density at radius 2 is 1.77 bits per heavy atom. The van der Waals surface area contributed by atoms with Crippen LogP contribution in [0, 0.1) is 5.41 Å². The summed E-state index contributed by atoms with van der Waals surface area (Å²) in [6, 6.07) is 16.5. The van der Waals surface area contributed by atoms with Crippen LogP contribution in [-0.2, 0) is 9.53 Å². The van der Waals surface area contributed by atoms with E-state index in [4.69, 9.17) is 20.6 Å². The maximum atomic E-state index is 12.8. The lowest BCUT2D eigenvalue weighted by Gasteiger charge is -2.34. The Bertz CT molecular complexity index is 1340. The number of para-hydroxylation sites is 1. The zero-order valence-electron chi connectivity index (χ0n) is 22.9. The number of carbonyl (C=O) groups is 2. The van der Waals surface area contributed by atoms with Gasteiger partial charge in [-0.2, -0.15) is 0 Å². The number of nitrogens with one attached hydrogen (secondary N) is 3. The Balaban J connectivity index is 1.40. The van der Waals surface area contributed by atoms with Gasteiger partial charge in [-0.25, -0.2) is 14.8 Å². The summed E-state index contributed by atoms with van der Waals surface area (Å²) in [5.74, 6) is 1.76. The van der Waals surface area contributed by atoms with Crippen LogP contribution in [0.3, 0.4) is 0 Å². The number of rotatable bonds is 8. The normalized spacial score (nSPS) is 15.2. The summed E-state index contributed by atoms with van der Waals surface area (Å²) < 4.78 is 11.1. The molecule has 0 unspecified atom stereocenters. The molecule has 0 bridgehead atoms. The van der Waals surface area contributed by atoms with Crippen molar-refractivity contribution in [2.45, 2.75) is 45.3 Å². The van der Waals surface area contributed by atoms with E-state index in [0.29, 0.717) is 35.8 Å². The number of nitrogens with two attached hydrogens (primary N) is 1. The van der Waals surface area contributed by atoms with Crippen molar-refractivity contribution in [2.75, 3.05) is 30.7 Å². The molecule has 11 nitrogen and oxygen atoms in total. The number of likely N-dealkylation sites (tertiary alicyclic amines) is 1. The largest absolute Gasteiger partial charge is 0.457 e. The Morgan fingerprint density at radius 3 is 2.48 bits per heavy atom. The lowest BCUT2D eigenvalue weighted by molar-refractivity contribution is -0.131. The highest BCUT2D eigenvalue weighted by Crippen LogP contribution is 2.26. The summed E-state index contributed by atoms with van der Waals surface area (Å²) in [6.07, 6.45) is 2.28. The maximum Gasteiger partial charge on any atom is 0.408 e. The molecule has 210 valence electrons. The van der Waals surface area contributed by atoms with E-state index in [1.165, 1.54) is 6.33 Å². The van der Waals surface area contributed by atoms with E-state index in [1.807, 2.05) is 30.3 Å². The van der Waals surface area contributed by atoms with Crippen LogP contribution in [0.2, 0.25) is 0 Å². The van der Waals surface area contributed by atoms with E-state index in [0.717, 1.165) is 18.6 Å². The Morgan fingerprint density at radius 1 is 1.07 bits per heavy atom. The van der Waals surface area contributed by atoms with Crippen LogP contribution in [-0.4, -0.2) is 63.9 Å². The average Bonchev–Trinajstić information content (AvgIpc) is 2.92. The van der Waals surface area contributed by atoms with Gasteiger partial charge in [0.2, 0.25) is 5.91 Å². The van der Waals surface area contributed by atoms with E-state index >= 15 is 0 Å². The van der Waals surface area contributed by atoms with Crippen molar-refractivity contribution in [1.82, 2.24) is 20.2 Å². The molecule has 1 atom stereocenters. The van der Waals surface area contributed by atoms with E-state index in [9.17, 15) is 9.59 Å². The number of benzene rings is 2. The first-order chi connectivity index (χ1) is 19.1. The highest BCUT2D eigenvalue weighted by atomic mass is 16.6. The standard InChI is InChI=1S/C29H35N7O4/c1-29(2,3)40-28(38)32-16-23(37)36-15-7-8-20(17-36)35-27-24(26(31)33-18-34-27)25(30)19-11-13-22(14-12-19)39-21-9-5-4-6-10-21/h4-6,9-14,18,20,30H,7-8,15-17H2,1-3H3,(H,32,38)(H3,31,33,34,35)/t20-/m1/s1. The zero-order valence-corrected chi connectivity index (χ0v) is 22.9. The van der Waals surface area contributed by atoms with Gasteiger partial charge in [-0.3, -0.25) is 10.2 Å². The van der Waals surface area contributed by atoms with Crippen LogP contribution in [0.1, 0.15) is 44.7 Å². The average molecular weight is 546 g/mol. The molecule has 1 aromatic heterocycles. The van der Waals surface area contributed by atoms with Gasteiger partial charge in [-0.1, -0.05) is 18.2 Å². The molecule has 0 aliphatic carbocycles. The predicted octanol–water partition coefficient (Wildman–Crippen LogP) is 4.19. The zero-order chi connectivity index (χ0) is 28.7. The van der Waals surface area contributed by atoms with E-state index in [1.54, 1.807) is 49.9 Å². The first-order valence-corrected chi connectivity index (χ1v) is 13.1. The van der Waals surface area contributed by atoms with Gasteiger partial charge in [0.25, 0.3) is 0 Å². The van der Waals surface area contributed by atoms with E-state index in [2.05, 4.69) is 20.6 Å². The lowest BCUT2D eigenvalue weighted by atomic mass is 10.0. The molecular weight excluding hydrogens is 510 g/mol. The lowest BCUT2D eigenvalue weighted by Crippen LogP contribution is -2.49. The molecule has 1 saturated heterocycles. The second kappa shape index (κ2) is 12.5. The number of ether oxygens (including phenoxy) is 2. The fourth-order valence-electron chi connectivity index (χ4n) is 4.30. The number of aromatic nitrogens is 2. The van der Waals surface area contributed by atoms with Gasteiger partial charge in [0.05, 0.1) is 11.3 Å². The Hall–Kier alpha value is -4.67. The van der Waals surface area contributed by atoms with Crippen LogP contribution >= 0.6 is 0 Å². The van der Waals surface area contributed by atoms with Crippen LogP contribution in [0.15, 0.2) is 60.9 Å². The number of alkyl carbamates (subject to hydrolysis) is 1. The van der Waals surface area contributed by atoms with Gasteiger partial charge in [-0.05, 0) is 70.0 Å². The summed E-state index contributed by atoms with van der Waals surface area (Å²) in [4.78, 5) is 34.9. The van der Waals surface area contributed by atoms with Crippen molar-refractivity contribution >= 4 is 29.3 Å². The minimum Gasteiger partial charge on any atom is -0.457 e. The minimum atomic E-state index is -0.643. The smallest absolute Gasteiger partial charge is 0.408 e. The molecule has 0 spiro atoms. The summed E-state index contributed by atoms with van der Waals surface area (Å²) in [5, 5.41) is 14.8. The number of hydrogen-bond donors (Lipinski definition) is 4. The van der Waals surface area contributed by atoms with Gasteiger partial charge < -0.3 is 30.7 Å². The van der Waals surface area contributed by atoms with E-state index in [-0.39, 0.29) is 30.0 Å². The SMILES string of the molecule is CC(C)(C)OC(=O)NCC(=O)N1CCC[C@@H](Nc2ncnc(N)c2C(=N)c2ccc(Oc3ccccc3)cc2)C1. The molecule has 0 radical (unpaired) electrons. The molecule has 2 heterocycles. The van der Waals surface area contributed by atoms with E-state index < -0.39 is 11.7 Å². The molecule has 1 fully saturated rings. The van der Waals surface area contributed by atoms with Crippen LogP contribution in [0.4, 0.5) is 16.4 Å². The summed E-state index contributed by atoms with van der Waals surface area (Å²) in [7, 11) is 0. The van der Waals surface area contributed by atoms with Crippen molar-refractivity contribution in [3.05, 3.63) is 72.1 Å². The second-order valence-corrected chi connectivity index (χ2v) is 10.5. The molecule has 2 aromatic carbocycles. The van der Waals surface area contributed by atoms with Crippen molar-refractivity contribution in [1.29, 1.82) is 5.41 Å². The van der Waals surface area contributed by atoms with Crippen LogP contribution < -0.4 is 21.1 Å². The van der Waals surface area contributed by atoms with Crippen LogP contribution in [0.25, 0.3) is 0 Å². The molecule has 1 aliphatic rings. The van der Waals surface area contributed by atoms with Crippen molar-refractivity contribution in [2.24, 2.45) is 0 Å². The number of hydrogen-bond acceptors (Lipinski definition) is 9. The van der Waals surface area contributed by atoms with Crippen molar-refractivity contribution in [3.63, 3.8) is 0 Å². The highest BCUT2D eigenvalue weighted by molar-refractivity contribution is 6.16. The highest BCUT2D eigenvalue weighted by Gasteiger charge is 2.26. The number of piperidine rings is 1. The number of nitrogen functional groups attached to an aromatic ring is 1. The van der Waals surface area contributed by atoms with Gasteiger partial charge in [0, 0.05) is 24.7 Å². The first-order valence-electron chi connectivity index (χ1n) is 13.1. The third kappa shape index (κ3) is 7.68. The minimum absolute atomic E-state index is 0.123. The van der Waals surface area contributed by atoms with Gasteiger partial charge in [0.1, 0.15) is 41.6 Å². The molecule has 5 N–H and O–H groups in total. The fourth-order valence-corrected chi connectivity index (χ4v) is 4.30. The fraction of sp³-hybridized carbons (Fsp3) is 0.345. The molecule has 1 aliphatic heterocycles. The quantitative estimate of drug-likeness (QED) is 0.307. The third-order valence-electron chi connectivity index (χ3n) is 6.15. The molecule has 2 amide bonds. The number of nitrogens with zero attached hydrogens (tertiary/aromatic N) is 3. The molecule has 11 heteroatoms. The monoisotopic (exact) mass is 545 g/mol. The number of anilines is 2. The Kier molecular flexibility index (Phi) is 8.83. The Labute approximate surface area is 233 Å². The number of amides is 2. The third-order valence-corrected chi connectivity index (χ3v) is 6.15. The van der Waals surface area contributed by atoms with Gasteiger partial charge in [0.15, 0.2) is 0 Å².